The molecule has 0 bridgehead atoms. The molecule has 0 radical (unpaired) electrons. The van der Waals surface area contributed by atoms with Crippen LogP contribution < -0.4 is 19.6 Å². The van der Waals surface area contributed by atoms with Crippen molar-refractivity contribution in [1.29, 1.82) is 0 Å². The van der Waals surface area contributed by atoms with Crippen molar-refractivity contribution >= 4 is 28.9 Å². The Balaban J connectivity index is 1.94. The van der Waals surface area contributed by atoms with Crippen molar-refractivity contribution in [3.63, 3.8) is 0 Å². The van der Waals surface area contributed by atoms with Crippen LogP contribution in [0.25, 0.3) is 22.1 Å². The molecule has 0 saturated heterocycles. The predicted octanol–water partition coefficient (Wildman–Crippen LogP) is 2.79. The monoisotopic (exact) mass is 456 g/mol. The summed E-state index contributed by atoms with van der Waals surface area (Å²) in [5.41, 5.74) is 0.562. The Morgan fingerprint density at radius 2 is 1.73 bits per heavy atom. The lowest BCUT2D eigenvalue weighted by atomic mass is 10.1. The Hall–Kier alpha value is -4.18. The molecule has 1 heterocycles. The van der Waals surface area contributed by atoms with E-state index in [2.05, 4.69) is 0 Å². The minimum absolute atomic E-state index is 0.0446. The van der Waals surface area contributed by atoms with Crippen molar-refractivity contribution in [3.05, 3.63) is 52.9 Å². The molecule has 10 nitrogen and oxygen atoms in total. The number of ether oxygens (including phenoxy) is 4. The molecule has 0 spiro atoms. The van der Waals surface area contributed by atoms with Crippen molar-refractivity contribution < 1.29 is 42.9 Å². The Morgan fingerprint density at radius 3 is 2.30 bits per heavy atom. The molecular formula is C23H20O10. The molecule has 0 aliphatic heterocycles. The van der Waals surface area contributed by atoms with E-state index in [0.29, 0.717) is 11.3 Å². The van der Waals surface area contributed by atoms with Gasteiger partial charge >= 0.3 is 17.9 Å². The van der Waals surface area contributed by atoms with Gasteiger partial charge in [0.25, 0.3) is 0 Å². The zero-order valence-corrected chi connectivity index (χ0v) is 17.9. The van der Waals surface area contributed by atoms with Gasteiger partial charge in [0.15, 0.2) is 17.6 Å². The van der Waals surface area contributed by atoms with Gasteiger partial charge in [-0.25, -0.2) is 4.79 Å². The van der Waals surface area contributed by atoms with Gasteiger partial charge in [-0.2, -0.15) is 0 Å². The molecule has 0 aliphatic rings. The summed E-state index contributed by atoms with van der Waals surface area (Å²) in [4.78, 5) is 47.3. The van der Waals surface area contributed by atoms with E-state index >= 15 is 0 Å². The van der Waals surface area contributed by atoms with Gasteiger partial charge in [-0.1, -0.05) is 12.1 Å². The fourth-order valence-electron chi connectivity index (χ4n) is 3.03. The summed E-state index contributed by atoms with van der Waals surface area (Å²) >= 11 is 0. The van der Waals surface area contributed by atoms with Gasteiger partial charge in [-0.15, -0.1) is 0 Å². The topological polar surface area (TPSA) is 139 Å². The molecular weight excluding hydrogens is 436 g/mol. The summed E-state index contributed by atoms with van der Waals surface area (Å²) in [5.74, 6) is -2.26. The van der Waals surface area contributed by atoms with E-state index in [0.717, 1.165) is 0 Å². The molecule has 0 saturated carbocycles. The SMILES string of the molecule is COc1cc2c(=O)c(-c3ccc(OC(C)=O)cc3)coc2cc1OC(=O)CC(OC)C(=O)O. The number of carbonyl (C=O) groups excluding carboxylic acids is 2. The van der Waals surface area contributed by atoms with Crippen LogP contribution in [-0.2, 0) is 19.1 Å². The minimum atomic E-state index is -1.36. The summed E-state index contributed by atoms with van der Waals surface area (Å²) in [6.45, 7) is 1.28. The van der Waals surface area contributed by atoms with Gasteiger partial charge in [0.05, 0.1) is 24.5 Å². The van der Waals surface area contributed by atoms with Crippen molar-refractivity contribution in [2.45, 2.75) is 19.4 Å². The Kier molecular flexibility index (Phi) is 7.09. The first-order valence-corrected chi connectivity index (χ1v) is 9.62. The van der Waals surface area contributed by atoms with Gasteiger partial charge in [0.2, 0.25) is 5.43 Å². The highest BCUT2D eigenvalue weighted by atomic mass is 16.6. The number of methoxy groups -OCH3 is 2. The van der Waals surface area contributed by atoms with Gasteiger partial charge < -0.3 is 28.5 Å². The third-order valence-electron chi connectivity index (χ3n) is 4.62. The number of fused-ring (bicyclic) bond motifs is 1. The molecule has 0 aliphatic carbocycles. The Bertz CT molecular complexity index is 1260. The summed E-state index contributed by atoms with van der Waals surface area (Å²) < 4.78 is 25.7. The number of rotatable bonds is 8. The number of aliphatic carboxylic acids is 1. The number of benzene rings is 2. The second-order valence-corrected chi connectivity index (χ2v) is 6.84. The Morgan fingerprint density at radius 1 is 1.03 bits per heavy atom. The first-order chi connectivity index (χ1) is 15.7. The van der Waals surface area contributed by atoms with Crippen LogP contribution in [-0.4, -0.2) is 43.3 Å². The summed E-state index contributed by atoms with van der Waals surface area (Å²) in [5, 5.41) is 9.18. The van der Waals surface area contributed by atoms with E-state index in [4.69, 9.17) is 28.5 Å². The summed E-state index contributed by atoms with van der Waals surface area (Å²) in [6.07, 6.45) is -0.634. The van der Waals surface area contributed by atoms with Crippen molar-refractivity contribution in [2.75, 3.05) is 14.2 Å². The van der Waals surface area contributed by atoms with Crippen LogP contribution in [0.5, 0.6) is 17.2 Å². The smallest absolute Gasteiger partial charge is 0.333 e. The van der Waals surface area contributed by atoms with Crippen LogP contribution in [0.4, 0.5) is 0 Å². The predicted molar refractivity (Wildman–Crippen MR) is 114 cm³/mol. The third-order valence-corrected chi connectivity index (χ3v) is 4.62. The maximum absolute atomic E-state index is 13.1. The molecule has 3 rings (SSSR count). The molecule has 0 amide bonds. The van der Waals surface area contributed by atoms with Crippen LogP contribution in [0.2, 0.25) is 0 Å². The number of carbonyl (C=O) groups is 3. The van der Waals surface area contributed by atoms with Crippen molar-refractivity contribution in [2.24, 2.45) is 0 Å². The van der Waals surface area contributed by atoms with Gasteiger partial charge in [-0.05, 0) is 23.8 Å². The molecule has 2 aromatic carbocycles. The fraction of sp³-hybridized carbons (Fsp3) is 0.217. The highest BCUT2D eigenvalue weighted by Gasteiger charge is 2.23. The molecule has 1 unspecified atom stereocenters. The van der Waals surface area contributed by atoms with Crippen LogP contribution in [0.3, 0.4) is 0 Å². The zero-order chi connectivity index (χ0) is 24.1. The number of hydrogen-bond acceptors (Lipinski definition) is 9. The normalized spacial score (nSPS) is 11.6. The molecule has 3 aromatic rings. The molecule has 0 fully saturated rings. The summed E-state index contributed by atoms with van der Waals surface area (Å²) in [7, 11) is 2.49. The second-order valence-electron chi connectivity index (χ2n) is 6.84. The summed E-state index contributed by atoms with van der Waals surface area (Å²) in [6, 6.07) is 8.99. The highest BCUT2D eigenvalue weighted by molar-refractivity contribution is 5.87. The average Bonchev–Trinajstić information content (AvgIpc) is 2.77. The standard InChI is InChI=1S/C23H20O10/c1-12(24)32-14-6-4-13(5-7-14)16-11-31-17-9-19(18(29-2)8-15(17)22(16)26)33-21(25)10-20(30-3)23(27)28/h4-9,11,20H,10H2,1-3H3,(H,27,28). The van der Waals surface area contributed by atoms with Crippen LogP contribution >= 0.6 is 0 Å². The average molecular weight is 456 g/mol. The molecule has 1 aromatic heterocycles. The maximum atomic E-state index is 13.1. The first kappa shape index (κ1) is 23.5. The van der Waals surface area contributed by atoms with Crippen molar-refractivity contribution in [3.8, 4) is 28.4 Å². The van der Waals surface area contributed by atoms with E-state index in [1.807, 2.05) is 0 Å². The lowest BCUT2D eigenvalue weighted by Crippen LogP contribution is -2.27. The maximum Gasteiger partial charge on any atom is 0.333 e. The van der Waals surface area contributed by atoms with Gasteiger partial charge in [0.1, 0.15) is 17.6 Å². The van der Waals surface area contributed by atoms with E-state index in [1.165, 1.54) is 39.5 Å². The molecule has 172 valence electrons. The zero-order valence-electron chi connectivity index (χ0n) is 17.9. The molecule has 33 heavy (non-hydrogen) atoms. The lowest BCUT2D eigenvalue weighted by molar-refractivity contribution is -0.154. The second kappa shape index (κ2) is 9.96. The third kappa shape index (κ3) is 5.36. The van der Waals surface area contributed by atoms with E-state index in [1.54, 1.807) is 24.3 Å². The molecule has 10 heteroatoms. The van der Waals surface area contributed by atoms with Gasteiger partial charge in [0, 0.05) is 20.1 Å². The minimum Gasteiger partial charge on any atom is -0.493 e. The largest absolute Gasteiger partial charge is 0.493 e. The van der Waals surface area contributed by atoms with Gasteiger partial charge in [-0.3, -0.25) is 14.4 Å². The lowest BCUT2D eigenvalue weighted by Gasteiger charge is -2.13. The van der Waals surface area contributed by atoms with Crippen molar-refractivity contribution in [1.82, 2.24) is 0 Å². The highest BCUT2D eigenvalue weighted by Crippen LogP contribution is 2.33. The fourth-order valence-corrected chi connectivity index (χ4v) is 3.03. The first-order valence-electron chi connectivity index (χ1n) is 9.62. The van der Waals surface area contributed by atoms with E-state index < -0.39 is 30.4 Å². The van der Waals surface area contributed by atoms with E-state index in [9.17, 15) is 19.2 Å². The number of carboxylic acids is 1. The van der Waals surface area contributed by atoms with E-state index in [-0.39, 0.29) is 33.5 Å². The number of hydrogen-bond donors (Lipinski definition) is 1. The number of esters is 2. The van der Waals surface area contributed by atoms with Crippen LogP contribution in [0.1, 0.15) is 13.3 Å². The molecule has 1 N–H and O–H groups in total. The Labute approximate surface area is 187 Å². The number of carboxylic acid groups (broad SMARTS) is 1. The quantitative estimate of drug-likeness (QED) is 0.398. The molecule has 1 atom stereocenters. The van der Waals surface area contributed by atoms with Crippen LogP contribution in [0.15, 0.2) is 51.9 Å². The van der Waals surface area contributed by atoms with Crippen LogP contribution in [0, 0.1) is 0 Å².